The van der Waals surface area contributed by atoms with Gasteiger partial charge in [-0.05, 0) is 99.8 Å². The molecule has 7 rings (SSSR count). The van der Waals surface area contributed by atoms with Crippen LogP contribution in [-0.4, -0.2) is 4.98 Å². The summed E-state index contributed by atoms with van der Waals surface area (Å²) in [6, 6.07) is 18.2. The van der Waals surface area contributed by atoms with Crippen molar-refractivity contribution in [1.82, 2.24) is 4.98 Å². The van der Waals surface area contributed by atoms with E-state index in [-0.39, 0.29) is 5.41 Å². The summed E-state index contributed by atoms with van der Waals surface area (Å²) in [6.07, 6.45) is 22.9. The first-order valence-electron chi connectivity index (χ1n) is 14.4. The van der Waals surface area contributed by atoms with Crippen molar-refractivity contribution in [3.8, 4) is 6.07 Å². The number of nitrogens with one attached hydrogen (secondary N) is 1. The van der Waals surface area contributed by atoms with Gasteiger partial charge in [0.1, 0.15) is 0 Å². The first kappa shape index (κ1) is 24.7. The van der Waals surface area contributed by atoms with E-state index in [1.54, 1.807) is 0 Å². The normalized spacial score (nSPS) is 21.6. The number of nitriles is 1. The number of nitrogens with zero attached hydrogens (tertiary/aromatic N) is 1. The van der Waals surface area contributed by atoms with Gasteiger partial charge in [0.2, 0.25) is 0 Å². The molecule has 0 bridgehead atoms. The third-order valence-corrected chi connectivity index (χ3v) is 8.80. The van der Waals surface area contributed by atoms with Gasteiger partial charge in [-0.25, -0.2) is 0 Å². The van der Waals surface area contributed by atoms with Crippen LogP contribution >= 0.6 is 0 Å². The molecule has 1 aromatic heterocycles. The lowest BCUT2D eigenvalue weighted by atomic mass is 9.85. The average molecular weight is 519 g/mol. The van der Waals surface area contributed by atoms with Crippen molar-refractivity contribution in [3.63, 3.8) is 0 Å². The Labute approximate surface area is 237 Å². The Morgan fingerprint density at radius 1 is 0.950 bits per heavy atom. The molecule has 2 atom stereocenters. The van der Waals surface area contributed by atoms with Gasteiger partial charge in [-0.3, -0.25) is 0 Å². The number of rotatable bonds is 3. The predicted molar refractivity (Wildman–Crippen MR) is 167 cm³/mol. The molecule has 4 aliphatic rings. The lowest BCUT2D eigenvalue weighted by Crippen LogP contribution is -2.10. The second kappa shape index (κ2) is 9.39. The molecule has 0 aliphatic heterocycles. The van der Waals surface area contributed by atoms with Crippen LogP contribution in [0, 0.1) is 23.2 Å². The highest BCUT2D eigenvalue weighted by atomic mass is 14.7. The van der Waals surface area contributed by atoms with E-state index < -0.39 is 0 Å². The summed E-state index contributed by atoms with van der Waals surface area (Å²) >= 11 is 0. The Bertz CT molecular complexity index is 1810. The number of hydrogen-bond donors (Lipinski definition) is 1. The van der Waals surface area contributed by atoms with E-state index in [0.717, 1.165) is 35.5 Å². The molecule has 2 nitrogen and oxygen atoms in total. The van der Waals surface area contributed by atoms with E-state index in [9.17, 15) is 5.26 Å². The molecule has 40 heavy (non-hydrogen) atoms. The summed E-state index contributed by atoms with van der Waals surface area (Å²) in [5, 5.41) is 11.3. The first-order valence-corrected chi connectivity index (χ1v) is 14.4. The van der Waals surface area contributed by atoms with Crippen molar-refractivity contribution in [2.75, 3.05) is 0 Å². The maximum atomic E-state index is 10.0. The standard InChI is InChI=1S/C38H34N2/c1-38(2,3)30-15-17-36-34(22-30)33-16-12-24(23-39)18-35(37(33)40-36)32-11-6-4-5-10-31(32)28-9-7-8-25(19-28)26-13-14-27-21-29(27)20-26/h4-9,11-15,17-20,22,27,29,40H,10,16,21H2,1-3H3. The van der Waals surface area contributed by atoms with Crippen LogP contribution in [0.1, 0.15) is 61.6 Å². The van der Waals surface area contributed by atoms with Crippen molar-refractivity contribution >= 4 is 27.6 Å². The highest BCUT2D eigenvalue weighted by Crippen LogP contribution is 2.46. The molecule has 2 unspecified atom stereocenters. The van der Waals surface area contributed by atoms with Gasteiger partial charge in [0.15, 0.2) is 0 Å². The number of fused-ring (bicyclic) bond motifs is 4. The molecule has 4 aliphatic carbocycles. The molecule has 1 N–H and O–H groups in total. The molecule has 1 saturated carbocycles. The van der Waals surface area contributed by atoms with Gasteiger partial charge in [-0.15, -0.1) is 0 Å². The van der Waals surface area contributed by atoms with Crippen LogP contribution < -0.4 is 0 Å². The van der Waals surface area contributed by atoms with Gasteiger partial charge in [0.25, 0.3) is 0 Å². The third-order valence-electron chi connectivity index (χ3n) is 8.80. The average Bonchev–Trinajstić information content (AvgIpc) is 3.73. The van der Waals surface area contributed by atoms with Crippen LogP contribution in [0.5, 0.6) is 0 Å². The van der Waals surface area contributed by atoms with E-state index >= 15 is 0 Å². The number of allylic oxidation sites excluding steroid dienone is 14. The number of aromatic amines is 1. The number of aromatic nitrogens is 1. The van der Waals surface area contributed by atoms with E-state index in [1.165, 1.54) is 50.8 Å². The fourth-order valence-electron chi connectivity index (χ4n) is 6.34. The summed E-state index contributed by atoms with van der Waals surface area (Å²) < 4.78 is 0. The van der Waals surface area contributed by atoms with Gasteiger partial charge in [0, 0.05) is 22.0 Å². The van der Waals surface area contributed by atoms with Crippen LogP contribution in [0.15, 0.2) is 108 Å². The molecular formula is C38H34N2. The van der Waals surface area contributed by atoms with Crippen molar-refractivity contribution in [2.45, 2.75) is 45.4 Å². The Hall–Kier alpha value is -4.35. The Morgan fingerprint density at radius 2 is 1.82 bits per heavy atom. The number of benzene rings is 2. The molecule has 0 amide bonds. The minimum absolute atomic E-state index is 0.0647. The largest absolute Gasteiger partial charge is 0.354 e. The predicted octanol–water partition coefficient (Wildman–Crippen LogP) is 9.41. The lowest BCUT2D eigenvalue weighted by molar-refractivity contribution is 0.591. The van der Waals surface area contributed by atoms with Gasteiger partial charge in [-0.1, -0.05) is 93.6 Å². The Morgan fingerprint density at radius 3 is 2.65 bits per heavy atom. The van der Waals surface area contributed by atoms with Crippen LogP contribution in [0.25, 0.3) is 27.6 Å². The minimum atomic E-state index is 0.0647. The molecule has 196 valence electrons. The summed E-state index contributed by atoms with van der Waals surface area (Å²) in [7, 11) is 0. The van der Waals surface area contributed by atoms with Gasteiger partial charge in [-0.2, -0.15) is 5.26 Å². The van der Waals surface area contributed by atoms with E-state index in [2.05, 4.69) is 129 Å². The van der Waals surface area contributed by atoms with Crippen LogP contribution in [0.4, 0.5) is 0 Å². The lowest BCUT2D eigenvalue weighted by Gasteiger charge is -2.19. The summed E-state index contributed by atoms with van der Waals surface area (Å²) in [5.74, 6) is 1.47. The molecule has 2 aromatic carbocycles. The minimum Gasteiger partial charge on any atom is -0.354 e. The van der Waals surface area contributed by atoms with Gasteiger partial charge >= 0.3 is 0 Å². The Kier molecular flexibility index (Phi) is 5.79. The molecule has 1 heterocycles. The van der Waals surface area contributed by atoms with E-state index in [1.807, 2.05) is 0 Å². The topological polar surface area (TPSA) is 39.6 Å². The monoisotopic (exact) mass is 518 g/mol. The molecule has 0 spiro atoms. The zero-order chi connectivity index (χ0) is 27.4. The third kappa shape index (κ3) is 4.37. The number of hydrogen-bond acceptors (Lipinski definition) is 1. The summed E-state index contributed by atoms with van der Waals surface area (Å²) in [5.41, 5.74) is 13.0. The number of H-pyrrole nitrogens is 1. The van der Waals surface area contributed by atoms with Gasteiger partial charge < -0.3 is 4.98 Å². The maximum Gasteiger partial charge on any atom is 0.0988 e. The molecule has 2 heteroatoms. The first-order chi connectivity index (χ1) is 19.4. The smallest absolute Gasteiger partial charge is 0.0988 e. The SMILES string of the molecule is CC(C)(C)c1ccc2[nH]c3c(c2c1)CC=C(C#N)C=C3C1=C(c2cccc(C3=CC4CC4C=C3)c2)CC=CC=C1. The van der Waals surface area contributed by atoms with Gasteiger partial charge in [0.05, 0.1) is 11.8 Å². The van der Waals surface area contributed by atoms with Crippen LogP contribution in [-0.2, 0) is 11.8 Å². The maximum absolute atomic E-state index is 10.0. The fraction of sp³-hybridized carbons (Fsp3) is 0.237. The molecule has 0 radical (unpaired) electrons. The zero-order valence-electron chi connectivity index (χ0n) is 23.5. The van der Waals surface area contributed by atoms with Crippen molar-refractivity contribution in [3.05, 3.63) is 136 Å². The fourth-order valence-corrected chi connectivity index (χ4v) is 6.34. The summed E-state index contributed by atoms with van der Waals surface area (Å²) in [4.78, 5) is 3.77. The zero-order valence-corrected chi connectivity index (χ0v) is 23.5. The highest BCUT2D eigenvalue weighted by Gasteiger charge is 2.35. The quantitative estimate of drug-likeness (QED) is 0.368. The molecule has 1 fully saturated rings. The molecule has 3 aromatic rings. The van der Waals surface area contributed by atoms with E-state index in [0.29, 0.717) is 11.5 Å². The van der Waals surface area contributed by atoms with E-state index in [4.69, 9.17) is 0 Å². The highest BCUT2D eigenvalue weighted by molar-refractivity contribution is 5.99. The molecule has 0 saturated heterocycles. The second-order valence-electron chi connectivity index (χ2n) is 12.5. The van der Waals surface area contributed by atoms with Crippen LogP contribution in [0.2, 0.25) is 0 Å². The van der Waals surface area contributed by atoms with Crippen molar-refractivity contribution in [1.29, 1.82) is 5.26 Å². The van der Waals surface area contributed by atoms with Crippen molar-refractivity contribution < 1.29 is 0 Å². The Balaban J connectivity index is 1.41. The van der Waals surface area contributed by atoms with Crippen LogP contribution in [0.3, 0.4) is 0 Å². The van der Waals surface area contributed by atoms with Crippen molar-refractivity contribution in [2.24, 2.45) is 11.8 Å². The second-order valence-corrected chi connectivity index (χ2v) is 12.5. The summed E-state index contributed by atoms with van der Waals surface area (Å²) in [6.45, 7) is 6.78. The molecular weight excluding hydrogens is 484 g/mol.